The summed E-state index contributed by atoms with van der Waals surface area (Å²) in [7, 11) is -3.77. The van der Waals surface area contributed by atoms with Crippen molar-refractivity contribution in [2.45, 2.75) is 24.3 Å². The van der Waals surface area contributed by atoms with E-state index in [2.05, 4.69) is 5.10 Å². The Kier molecular flexibility index (Phi) is 4.12. The van der Waals surface area contributed by atoms with Gasteiger partial charge in [0.15, 0.2) is 0 Å². The van der Waals surface area contributed by atoms with E-state index in [1.54, 1.807) is 48.7 Å². The van der Waals surface area contributed by atoms with E-state index in [4.69, 9.17) is 4.42 Å². The molecule has 0 radical (unpaired) electrons. The van der Waals surface area contributed by atoms with Crippen LogP contribution in [0.15, 0.2) is 87.4 Å². The Morgan fingerprint density at radius 3 is 2.54 bits per heavy atom. The van der Waals surface area contributed by atoms with Gasteiger partial charge in [0.25, 0.3) is 10.0 Å². The Balaban J connectivity index is 1.81. The molecule has 1 aliphatic heterocycles. The molecule has 0 bridgehead atoms. The molecule has 0 saturated carbocycles. The van der Waals surface area contributed by atoms with E-state index in [0.29, 0.717) is 17.9 Å². The molecule has 1 aromatic heterocycles. The Labute approximate surface area is 152 Å². The molecule has 0 N–H and O–H groups in total. The normalized spacial score (nSPS) is 17.3. The summed E-state index contributed by atoms with van der Waals surface area (Å²) in [6, 6.07) is 19.4. The first kappa shape index (κ1) is 16.6. The summed E-state index contributed by atoms with van der Waals surface area (Å²) in [5, 5.41) is 4.43. The number of rotatable bonds is 4. The molecule has 1 atom stereocenters. The molecular weight excluding hydrogens is 348 g/mol. The van der Waals surface area contributed by atoms with Crippen molar-refractivity contribution in [3.63, 3.8) is 0 Å². The highest BCUT2D eigenvalue weighted by atomic mass is 32.2. The van der Waals surface area contributed by atoms with Crippen molar-refractivity contribution in [1.29, 1.82) is 0 Å². The number of aryl methyl sites for hydroxylation is 1. The Morgan fingerprint density at radius 1 is 1.04 bits per heavy atom. The molecule has 1 aliphatic rings. The number of benzene rings is 2. The van der Waals surface area contributed by atoms with E-state index in [-0.39, 0.29) is 4.90 Å². The van der Waals surface area contributed by atoms with Gasteiger partial charge in [0, 0.05) is 6.42 Å². The van der Waals surface area contributed by atoms with Crippen molar-refractivity contribution in [3.8, 4) is 0 Å². The van der Waals surface area contributed by atoms with E-state index in [9.17, 15) is 8.42 Å². The van der Waals surface area contributed by atoms with Crippen molar-refractivity contribution in [1.82, 2.24) is 4.41 Å². The lowest BCUT2D eigenvalue weighted by molar-refractivity contribution is 0.371. The van der Waals surface area contributed by atoms with Crippen LogP contribution in [0.1, 0.15) is 29.3 Å². The lowest BCUT2D eigenvalue weighted by Crippen LogP contribution is -2.27. The van der Waals surface area contributed by atoms with Crippen LogP contribution in [0, 0.1) is 6.92 Å². The lowest BCUT2D eigenvalue weighted by atomic mass is 10.0. The highest BCUT2D eigenvalue weighted by Crippen LogP contribution is 2.37. The molecule has 0 aliphatic carbocycles. The Bertz CT molecular complexity index is 1040. The van der Waals surface area contributed by atoms with Gasteiger partial charge in [0.1, 0.15) is 11.5 Å². The molecule has 6 heteroatoms. The molecule has 26 heavy (non-hydrogen) atoms. The van der Waals surface area contributed by atoms with E-state index >= 15 is 0 Å². The van der Waals surface area contributed by atoms with Crippen LogP contribution in [0.25, 0.3) is 0 Å². The summed E-state index contributed by atoms with van der Waals surface area (Å²) >= 11 is 0. The molecule has 0 amide bonds. The summed E-state index contributed by atoms with van der Waals surface area (Å²) in [6.07, 6.45) is 2.02. The minimum atomic E-state index is -3.77. The number of nitrogens with zero attached hydrogens (tertiary/aromatic N) is 2. The van der Waals surface area contributed by atoms with Crippen molar-refractivity contribution in [2.24, 2.45) is 5.10 Å². The second-order valence-corrected chi connectivity index (χ2v) is 8.04. The smallest absolute Gasteiger partial charge is 0.279 e. The van der Waals surface area contributed by atoms with E-state index in [1.807, 2.05) is 31.2 Å². The number of sulfonamides is 1. The van der Waals surface area contributed by atoms with Crippen molar-refractivity contribution >= 4 is 15.7 Å². The molecule has 3 aromatic rings. The molecule has 0 spiro atoms. The minimum absolute atomic E-state index is 0.224. The van der Waals surface area contributed by atoms with Gasteiger partial charge in [0.2, 0.25) is 0 Å². The fraction of sp³-hybridized carbons (Fsp3) is 0.150. The van der Waals surface area contributed by atoms with E-state index < -0.39 is 16.1 Å². The van der Waals surface area contributed by atoms with E-state index in [1.165, 1.54) is 4.41 Å². The third-order valence-electron chi connectivity index (χ3n) is 4.39. The van der Waals surface area contributed by atoms with Crippen molar-refractivity contribution < 1.29 is 12.8 Å². The number of hydrogen-bond donors (Lipinski definition) is 0. The average Bonchev–Trinajstić information content (AvgIpc) is 3.32. The molecular formula is C20H18N2O3S. The Hall–Kier alpha value is -2.86. The number of hydrogen-bond acceptors (Lipinski definition) is 4. The maximum Gasteiger partial charge on any atom is 0.279 e. The van der Waals surface area contributed by atoms with Gasteiger partial charge >= 0.3 is 0 Å². The van der Waals surface area contributed by atoms with Gasteiger partial charge in [-0.05, 0) is 36.8 Å². The summed E-state index contributed by atoms with van der Waals surface area (Å²) in [5.41, 5.74) is 2.61. The molecule has 4 rings (SSSR count). The largest absolute Gasteiger partial charge is 0.463 e. The zero-order chi connectivity index (χ0) is 18.1. The van der Waals surface area contributed by atoms with Crippen LogP contribution in [0.3, 0.4) is 0 Å². The van der Waals surface area contributed by atoms with Gasteiger partial charge in [0.05, 0.1) is 17.2 Å². The summed E-state index contributed by atoms with van der Waals surface area (Å²) < 4.78 is 33.1. The van der Waals surface area contributed by atoms with Crippen LogP contribution >= 0.6 is 0 Å². The average molecular weight is 366 g/mol. The van der Waals surface area contributed by atoms with Crippen molar-refractivity contribution in [3.05, 3.63) is 89.9 Å². The quantitative estimate of drug-likeness (QED) is 0.697. The molecule has 0 fully saturated rings. The second kappa shape index (κ2) is 6.46. The van der Waals surface area contributed by atoms with Gasteiger partial charge in [-0.1, -0.05) is 48.0 Å². The fourth-order valence-electron chi connectivity index (χ4n) is 3.13. The molecule has 5 nitrogen and oxygen atoms in total. The summed E-state index contributed by atoms with van der Waals surface area (Å²) in [5.74, 6) is 0.591. The molecule has 0 unspecified atom stereocenters. The topological polar surface area (TPSA) is 62.9 Å². The van der Waals surface area contributed by atoms with Gasteiger partial charge in [-0.2, -0.15) is 17.9 Å². The van der Waals surface area contributed by atoms with Crippen LogP contribution in [-0.4, -0.2) is 18.5 Å². The van der Waals surface area contributed by atoms with Crippen molar-refractivity contribution in [2.75, 3.05) is 0 Å². The van der Waals surface area contributed by atoms with Crippen LogP contribution in [0.2, 0.25) is 0 Å². The first-order valence-electron chi connectivity index (χ1n) is 8.33. The molecule has 2 aromatic carbocycles. The van der Waals surface area contributed by atoms with Crippen LogP contribution in [-0.2, 0) is 10.0 Å². The van der Waals surface area contributed by atoms with Gasteiger partial charge in [-0.25, -0.2) is 0 Å². The summed E-state index contributed by atoms with van der Waals surface area (Å²) in [6.45, 7) is 1.99. The maximum atomic E-state index is 13.2. The minimum Gasteiger partial charge on any atom is -0.463 e. The van der Waals surface area contributed by atoms with Gasteiger partial charge in [-0.3, -0.25) is 0 Å². The molecule has 2 heterocycles. The Morgan fingerprint density at radius 2 is 1.85 bits per heavy atom. The predicted molar refractivity (Wildman–Crippen MR) is 99.2 cm³/mol. The molecule has 0 saturated heterocycles. The van der Waals surface area contributed by atoms with Gasteiger partial charge < -0.3 is 4.42 Å². The third kappa shape index (κ3) is 2.93. The number of furan rings is 1. The summed E-state index contributed by atoms with van der Waals surface area (Å²) in [4.78, 5) is 0.224. The third-order valence-corrected chi connectivity index (χ3v) is 6.09. The van der Waals surface area contributed by atoms with Crippen LogP contribution in [0.4, 0.5) is 0 Å². The monoisotopic (exact) mass is 366 g/mol. The van der Waals surface area contributed by atoms with Crippen LogP contribution < -0.4 is 0 Å². The standard InChI is InChI=1S/C20H18N2O3S/c1-15-7-5-8-16(13-15)19-14-18(20-11-6-12-25-20)21-22(19)26(23,24)17-9-3-2-4-10-17/h2-13,19H,14H2,1H3/t19-/m1/s1. The predicted octanol–water partition coefficient (Wildman–Crippen LogP) is 4.13. The zero-order valence-electron chi connectivity index (χ0n) is 14.2. The SMILES string of the molecule is Cc1cccc([C@H]2CC(c3ccco3)=NN2S(=O)(=O)c2ccccc2)c1. The lowest BCUT2D eigenvalue weighted by Gasteiger charge is -2.23. The zero-order valence-corrected chi connectivity index (χ0v) is 15.1. The second-order valence-electron chi connectivity index (χ2n) is 6.25. The number of hydrazone groups is 1. The fourth-order valence-corrected chi connectivity index (χ4v) is 4.58. The molecule has 132 valence electrons. The van der Waals surface area contributed by atoms with E-state index in [0.717, 1.165) is 11.1 Å². The van der Waals surface area contributed by atoms with Crippen LogP contribution in [0.5, 0.6) is 0 Å². The first-order chi connectivity index (χ1) is 12.6. The highest BCUT2D eigenvalue weighted by molar-refractivity contribution is 7.89. The first-order valence-corrected chi connectivity index (χ1v) is 9.77. The highest BCUT2D eigenvalue weighted by Gasteiger charge is 2.38. The van der Waals surface area contributed by atoms with Gasteiger partial charge in [-0.15, -0.1) is 0 Å². The maximum absolute atomic E-state index is 13.2.